The molecule has 2 atom stereocenters. The summed E-state index contributed by atoms with van der Waals surface area (Å²) < 4.78 is 11.2. The normalized spacial score (nSPS) is 27.5. The molecular weight excluding hydrogens is 216 g/mol. The van der Waals surface area contributed by atoms with Crippen molar-refractivity contribution < 1.29 is 14.6 Å². The van der Waals surface area contributed by atoms with Crippen molar-refractivity contribution in [1.82, 2.24) is 0 Å². The zero-order valence-electron chi connectivity index (χ0n) is 10.9. The van der Waals surface area contributed by atoms with E-state index in [1.165, 1.54) is 0 Å². The second kappa shape index (κ2) is 4.22. The predicted molar refractivity (Wildman–Crippen MR) is 66.4 cm³/mol. The van der Waals surface area contributed by atoms with Crippen molar-refractivity contribution in [3.8, 4) is 11.5 Å². The summed E-state index contributed by atoms with van der Waals surface area (Å²) >= 11 is 0. The first-order valence-corrected chi connectivity index (χ1v) is 6.01. The summed E-state index contributed by atoms with van der Waals surface area (Å²) in [7, 11) is 1.62. The van der Waals surface area contributed by atoms with Crippen LogP contribution in [0.5, 0.6) is 11.5 Å². The minimum absolute atomic E-state index is 0.305. The SMILES string of the molecule is COc1ccc2c(c1)[C@H](O)CC(C)(C(C)C)O2. The highest BCUT2D eigenvalue weighted by Gasteiger charge is 2.39. The zero-order chi connectivity index (χ0) is 12.6. The summed E-state index contributed by atoms with van der Waals surface area (Å²) in [4.78, 5) is 0. The van der Waals surface area contributed by atoms with Crippen LogP contribution in [0.3, 0.4) is 0 Å². The third-order valence-corrected chi connectivity index (χ3v) is 3.74. The van der Waals surface area contributed by atoms with Crippen molar-refractivity contribution in [1.29, 1.82) is 0 Å². The van der Waals surface area contributed by atoms with E-state index in [1.807, 2.05) is 25.1 Å². The Morgan fingerprint density at radius 2 is 2.18 bits per heavy atom. The van der Waals surface area contributed by atoms with E-state index < -0.39 is 6.10 Å². The molecule has 0 amide bonds. The molecule has 0 fully saturated rings. The molecule has 1 aromatic carbocycles. The number of benzene rings is 1. The maximum atomic E-state index is 10.2. The Balaban J connectivity index is 2.38. The van der Waals surface area contributed by atoms with E-state index in [-0.39, 0.29) is 5.60 Å². The minimum Gasteiger partial charge on any atom is -0.497 e. The van der Waals surface area contributed by atoms with Gasteiger partial charge in [0.25, 0.3) is 0 Å². The molecule has 3 nitrogen and oxygen atoms in total. The second-order valence-electron chi connectivity index (χ2n) is 5.19. The van der Waals surface area contributed by atoms with Gasteiger partial charge in [0.05, 0.1) is 13.2 Å². The fourth-order valence-electron chi connectivity index (χ4n) is 2.15. The molecule has 1 aromatic rings. The molecule has 0 bridgehead atoms. The van der Waals surface area contributed by atoms with E-state index in [2.05, 4.69) is 13.8 Å². The minimum atomic E-state index is -0.485. The van der Waals surface area contributed by atoms with Gasteiger partial charge in [-0.25, -0.2) is 0 Å². The molecular formula is C14H20O3. The smallest absolute Gasteiger partial charge is 0.126 e. The fraction of sp³-hybridized carbons (Fsp3) is 0.571. The average Bonchev–Trinajstić information content (AvgIpc) is 2.28. The van der Waals surface area contributed by atoms with Crippen LogP contribution in [0, 0.1) is 5.92 Å². The topological polar surface area (TPSA) is 38.7 Å². The van der Waals surface area contributed by atoms with Crippen molar-refractivity contribution in [3.05, 3.63) is 23.8 Å². The van der Waals surface area contributed by atoms with Crippen LogP contribution in [0.15, 0.2) is 18.2 Å². The highest BCUT2D eigenvalue weighted by molar-refractivity contribution is 5.43. The molecule has 1 unspecified atom stereocenters. The quantitative estimate of drug-likeness (QED) is 0.858. The van der Waals surface area contributed by atoms with E-state index in [0.717, 1.165) is 17.1 Å². The third kappa shape index (κ3) is 2.12. The molecule has 1 heterocycles. The molecule has 1 N–H and O–H groups in total. The van der Waals surface area contributed by atoms with Gasteiger partial charge < -0.3 is 14.6 Å². The van der Waals surface area contributed by atoms with Gasteiger partial charge in [-0.15, -0.1) is 0 Å². The summed E-state index contributed by atoms with van der Waals surface area (Å²) in [5.74, 6) is 1.87. The van der Waals surface area contributed by atoms with Crippen LogP contribution in [0.4, 0.5) is 0 Å². The van der Waals surface area contributed by atoms with Crippen molar-refractivity contribution in [3.63, 3.8) is 0 Å². The number of hydrogen-bond donors (Lipinski definition) is 1. The van der Waals surface area contributed by atoms with Crippen LogP contribution in [0.2, 0.25) is 0 Å². The second-order valence-corrected chi connectivity index (χ2v) is 5.19. The van der Waals surface area contributed by atoms with E-state index in [9.17, 15) is 5.11 Å². The molecule has 0 saturated heterocycles. The van der Waals surface area contributed by atoms with Crippen molar-refractivity contribution in [2.75, 3.05) is 7.11 Å². The Labute approximate surface area is 102 Å². The number of methoxy groups -OCH3 is 1. The first-order chi connectivity index (χ1) is 7.96. The first kappa shape index (κ1) is 12.2. The highest BCUT2D eigenvalue weighted by atomic mass is 16.5. The lowest BCUT2D eigenvalue weighted by Crippen LogP contribution is -2.42. The lowest BCUT2D eigenvalue weighted by molar-refractivity contribution is -0.0322. The van der Waals surface area contributed by atoms with Gasteiger partial charge in [0.15, 0.2) is 0 Å². The summed E-state index contributed by atoms with van der Waals surface area (Å²) in [6, 6.07) is 5.58. The van der Waals surface area contributed by atoms with E-state index in [4.69, 9.17) is 9.47 Å². The summed E-state index contributed by atoms with van der Waals surface area (Å²) in [6.07, 6.45) is 0.131. The summed E-state index contributed by atoms with van der Waals surface area (Å²) in [5, 5.41) is 10.2. The Kier molecular flexibility index (Phi) is 3.04. The van der Waals surface area contributed by atoms with Crippen LogP contribution in [-0.2, 0) is 0 Å². The maximum Gasteiger partial charge on any atom is 0.126 e. The van der Waals surface area contributed by atoms with Gasteiger partial charge in [-0.3, -0.25) is 0 Å². The molecule has 0 radical (unpaired) electrons. The van der Waals surface area contributed by atoms with E-state index >= 15 is 0 Å². The Bertz CT molecular complexity index is 414. The Morgan fingerprint density at radius 1 is 1.47 bits per heavy atom. The summed E-state index contributed by atoms with van der Waals surface area (Å²) in [6.45, 7) is 6.27. The van der Waals surface area contributed by atoms with E-state index in [1.54, 1.807) is 7.11 Å². The molecule has 2 rings (SSSR count). The lowest BCUT2D eigenvalue weighted by Gasteiger charge is -2.41. The molecule has 0 aromatic heterocycles. The molecule has 1 aliphatic heterocycles. The van der Waals surface area contributed by atoms with Crippen molar-refractivity contribution in [2.45, 2.75) is 38.9 Å². The van der Waals surface area contributed by atoms with Crippen LogP contribution >= 0.6 is 0 Å². The van der Waals surface area contributed by atoms with E-state index in [0.29, 0.717) is 12.3 Å². The fourth-order valence-corrected chi connectivity index (χ4v) is 2.15. The molecule has 3 heteroatoms. The standard InChI is InChI=1S/C14H20O3/c1-9(2)14(3)8-12(15)11-7-10(16-4)5-6-13(11)17-14/h5-7,9,12,15H,8H2,1-4H3/t12-,14?/m1/s1. The number of fused-ring (bicyclic) bond motifs is 1. The molecule has 0 aliphatic carbocycles. The third-order valence-electron chi connectivity index (χ3n) is 3.74. The largest absolute Gasteiger partial charge is 0.497 e. The van der Waals surface area contributed by atoms with Gasteiger partial charge >= 0.3 is 0 Å². The Morgan fingerprint density at radius 3 is 2.76 bits per heavy atom. The lowest BCUT2D eigenvalue weighted by atomic mass is 9.82. The van der Waals surface area contributed by atoms with Crippen molar-refractivity contribution >= 4 is 0 Å². The number of aliphatic hydroxyl groups is 1. The first-order valence-electron chi connectivity index (χ1n) is 6.01. The average molecular weight is 236 g/mol. The van der Waals surface area contributed by atoms with Gasteiger partial charge in [-0.1, -0.05) is 13.8 Å². The van der Waals surface area contributed by atoms with Gasteiger partial charge in [0.2, 0.25) is 0 Å². The molecule has 0 spiro atoms. The molecule has 17 heavy (non-hydrogen) atoms. The zero-order valence-corrected chi connectivity index (χ0v) is 10.9. The predicted octanol–water partition coefficient (Wildman–Crippen LogP) is 2.93. The van der Waals surface area contributed by atoms with Crippen LogP contribution in [0.25, 0.3) is 0 Å². The van der Waals surface area contributed by atoms with Crippen LogP contribution in [-0.4, -0.2) is 17.8 Å². The number of rotatable bonds is 2. The van der Waals surface area contributed by atoms with Crippen LogP contribution in [0.1, 0.15) is 38.9 Å². The summed E-state index contributed by atoms with van der Waals surface area (Å²) in [5.41, 5.74) is 0.517. The van der Waals surface area contributed by atoms with Gasteiger partial charge in [0, 0.05) is 12.0 Å². The monoisotopic (exact) mass is 236 g/mol. The van der Waals surface area contributed by atoms with Crippen molar-refractivity contribution in [2.24, 2.45) is 5.92 Å². The molecule has 94 valence electrons. The number of ether oxygens (including phenoxy) is 2. The Hall–Kier alpha value is -1.22. The van der Waals surface area contributed by atoms with Gasteiger partial charge in [-0.2, -0.15) is 0 Å². The van der Waals surface area contributed by atoms with Gasteiger partial charge in [0.1, 0.15) is 17.1 Å². The van der Waals surface area contributed by atoms with Crippen LogP contribution < -0.4 is 9.47 Å². The van der Waals surface area contributed by atoms with Gasteiger partial charge in [-0.05, 0) is 31.0 Å². The molecule has 1 aliphatic rings. The molecule has 0 saturated carbocycles. The maximum absolute atomic E-state index is 10.2. The highest BCUT2D eigenvalue weighted by Crippen LogP contribution is 2.43. The number of hydrogen-bond acceptors (Lipinski definition) is 3. The number of aliphatic hydroxyl groups excluding tert-OH is 1.